The predicted molar refractivity (Wildman–Crippen MR) is 242 cm³/mol. The monoisotopic (exact) mass is 953 g/mol. The summed E-state index contributed by atoms with van der Waals surface area (Å²) in [5.74, 6) is -6.63. The molecule has 2 aromatic carbocycles. The number of hydrogen-bond donors (Lipinski definition) is 9. The largest absolute Gasteiger partial charge is 0.481 e. The molecule has 1 aliphatic carbocycles. The molecule has 4 heterocycles. The van der Waals surface area contributed by atoms with E-state index >= 15 is 4.39 Å². The molecule has 2 aliphatic heterocycles. The van der Waals surface area contributed by atoms with Gasteiger partial charge in [0.2, 0.25) is 35.4 Å². The summed E-state index contributed by atoms with van der Waals surface area (Å²) in [4.78, 5) is 119. The number of pyridine rings is 2. The first-order valence-electron chi connectivity index (χ1n) is 22.4. The van der Waals surface area contributed by atoms with Gasteiger partial charge in [-0.2, -0.15) is 0 Å². The van der Waals surface area contributed by atoms with Crippen molar-refractivity contribution >= 4 is 58.3 Å². The maximum absolute atomic E-state index is 15.3. The smallest absolute Gasteiger partial charge is 0.343 e. The highest BCUT2D eigenvalue weighted by molar-refractivity contribution is 5.95. The van der Waals surface area contributed by atoms with E-state index in [1.54, 1.807) is 50.2 Å². The van der Waals surface area contributed by atoms with Gasteiger partial charge in [-0.15, -0.1) is 0 Å². The maximum atomic E-state index is 15.3. The van der Waals surface area contributed by atoms with Crippen LogP contribution in [0.4, 0.5) is 4.39 Å². The van der Waals surface area contributed by atoms with Crippen LogP contribution in [-0.2, 0) is 74.7 Å². The Morgan fingerprint density at radius 2 is 1.62 bits per heavy atom. The predicted octanol–water partition coefficient (Wildman–Crippen LogP) is -0.595. The fourth-order valence-corrected chi connectivity index (χ4v) is 8.92. The van der Waals surface area contributed by atoms with Gasteiger partial charge in [0.15, 0.2) is 5.60 Å². The zero-order chi connectivity index (χ0) is 49.7. The van der Waals surface area contributed by atoms with E-state index in [2.05, 4.69) is 31.9 Å². The first-order valence-corrected chi connectivity index (χ1v) is 22.4. The lowest BCUT2D eigenvalue weighted by Gasteiger charge is -2.31. The number of aliphatic hydroxyl groups is 1. The van der Waals surface area contributed by atoms with Crippen LogP contribution in [0.25, 0.3) is 22.3 Å². The molecule has 21 nitrogen and oxygen atoms in total. The number of carboxylic acid groups (broad SMARTS) is 1. The van der Waals surface area contributed by atoms with Gasteiger partial charge in [0, 0.05) is 42.0 Å². The summed E-state index contributed by atoms with van der Waals surface area (Å²) in [6.45, 7) is 1.50. The summed E-state index contributed by atoms with van der Waals surface area (Å²) in [6.07, 6.45) is 0.411. The number of halogens is 1. The molecule has 69 heavy (non-hydrogen) atoms. The SMILES string of the molecule is CC[C@@]1(O)C(=O)OCc2c1cc1n(c2=O)Cc2c-1nc1cc(F)c(C)c3c1c2[C@@H](NC(=O)CCCNC(=O)CNC(=O)[C@H](Cc1ccccc1)NC(=O)CNC(=O)CNC(=O)[C@@H](N)CC(=O)O)CC3. The van der Waals surface area contributed by atoms with Gasteiger partial charge >= 0.3 is 11.9 Å². The van der Waals surface area contributed by atoms with Crippen molar-refractivity contribution < 1.29 is 57.7 Å². The van der Waals surface area contributed by atoms with Crippen LogP contribution in [0.2, 0.25) is 0 Å². The Morgan fingerprint density at radius 1 is 0.928 bits per heavy atom. The van der Waals surface area contributed by atoms with Crippen molar-refractivity contribution in [2.45, 2.75) is 95.7 Å². The van der Waals surface area contributed by atoms with Gasteiger partial charge in [0.05, 0.1) is 67.2 Å². The number of fused-ring (bicyclic) bond motifs is 5. The number of benzene rings is 2. The van der Waals surface area contributed by atoms with Crippen molar-refractivity contribution in [3.05, 3.63) is 97.6 Å². The number of aliphatic carboxylic acids is 1. The van der Waals surface area contributed by atoms with Crippen molar-refractivity contribution in [2.24, 2.45) is 5.73 Å². The molecule has 22 heteroatoms. The van der Waals surface area contributed by atoms with Gasteiger partial charge in [-0.3, -0.25) is 38.4 Å². The third-order valence-corrected chi connectivity index (χ3v) is 12.6. The number of rotatable bonds is 19. The number of esters is 1. The third-order valence-electron chi connectivity index (χ3n) is 12.6. The van der Waals surface area contributed by atoms with Crippen molar-refractivity contribution in [1.82, 2.24) is 41.5 Å². The van der Waals surface area contributed by atoms with Crippen LogP contribution >= 0.6 is 0 Å². The van der Waals surface area contributed by atoms with E-state index in [9.17, 15) is 48.3 Å². The molecule has 3 aliphatic rings. The maximum Gasteiger partial charge on any atom is 0.343 e. The van der Waals surface area contributed by atoms with E-state index in [0.717, 1.165) is 5.56 Å². The second kappa shape index (κ2) is 20.7. The molecule has 0 fully saturated rings. The normalized spacial score (nSPS) is 17.2. The van der Waals surface area contributed by atoms with Gasteiger partial charge < -0.3 is 57.2 Å². The molecule has 4 aromatic rings. The number of carbonyl (C=O) groups excluding carboxylic acids is 7. The lowest BCUT2D eigenvalue weighted by molar-refractivity contribution is -0.172. The third kappa shape index (κ3) is 10.6. The summed E-state index contributed by atoms with van der Waals surface area (Å²) < 4.78 is 22.0. The molecule has 0 unspecified atom stereocenters. The Kier molecular flexibility index (Phi) is 14.8. The molecule has 7 rings (SSSR count). The molecule has 10 N–H and O–H groups in total. The second-order valence-electron chi connectivity index (χ2n) is 17.2. The van der Waals surface area contributed by atoms with E-state index in [1.807, 2.05) is 0 Å². The molecule has 0 saturated heterocycles. The lowest BCUT2D eigenvalue weighted by atomic mass is 9.81. The van der Waals surface area contributed by atoms with Crippen molar-refractivity contribution in [3.8, 4) is 11.4 Å². The van der Waals surface area contributed by atoms with Gasteiger partial charge in [0.1, 0.15) is 18.5 Å². The fraction of sp³-hybridized carbons (Fsp3) is 0.404. The van der Waals surface area contributed by atoms with Crippen LogP contribution in [0.5, 0.6) is 0 Å². The summed E-state index contributed by atoms with van der Waals surface area (Å²) in [5, 5.41) is 36.1. The summed E-state index contributed by atoms with van der Waals surface area (Å²) in [6, 6.07) is 8.51. The van der Waals surface area contributed by atoms with Gasteiger partial charge in [-0.1, -0.05) is 37.3 Å². The highest BCUT2D eigenvalue weighted by Gasteiger charge is 2.46. The highest BCUT2D eigenvalue weighted by atomic mass is 19.1. The van der Waals surface area contributed by atoms with Gasteiger partial charge in [0.25, 0.3) is 5.56 Å². The molecular formula is C47H52FN9O12. The number of aromatic nitrogens is 2. The average Bonchev–Trinajstić information content (AvgIpc) is 3.69. The molecule has 0 radical (unpaired) electrons. The van der Waals surface area contributed by atoms with Crippen LogP contribution in [0.3, 0.4) is 0 Å². The van der Waals surface area contributed by atoms with Crippen LogP contribution < -0.4 is 43.2 Å². The molecule has 0 saturated carbocycles. The van der Waals surface area contributed by atoms with E-state index in [-0.39, 0.29) is 62.4 Å². The van der Waals surface area contributed by atoms with Crippen LogP contribution in [-0.4, -0.2) is 105 Å². The minimum absolute atomic E-state index is 0.00274. The quantitative estimate of drug-likeness (QED) is 0.0369. The number of aryl methyl sites for hydroxylation is 1. The molecule has 0 spiro atoms. The van der Waals surface area contributed by atoms with E-state index in [0.29, 0.717) is 57.4 Å². The standard InChI is InChI=1S/C47H52FN9O12/c1-3-47(68)28-15-34-42-26(21-57(34)45(66)27(28)22-69-46(47)67)41-31(12-11-25-23(2)29(48)16-32(56-42)40(25)41)54-35(58)10-7-13-50-36(59)18-53-44(65)33(14-24-8-5-4-6-9-24)55-38(61)20-51-37(60)19-52-43(64)30(49)17-39(62)63/h4-6,8-9,15-16,30-31,33,68H,3,7,10-14,17-22,49H2,1-2H3,(H,50,59)(H,51,60)(H,52,64)(H,53,65)(H,54,58)(H,55,61)(H,62,63)/t30-,31-,33-,47-/m0/s1. The Morgan fingerprint density at radius 3 is 2.33 bits per heavy atom. The Hall–Kier alpha value is -7.59. The molecule has 4 atom stereocenters. The lowest BCUT2D eigenvalue weighted by Crippen LogP contribution is -2.52. The number of cyclic esters (lactones) is 1. The van der Waals surface area contributed by atoms with Gasteiger partial charge in [-0.25, -0.2) is 14.2 Å². The number of ether oxygens (including phenoxy) is 1. The molecule has 2 aromatic heterocycles. The second-order valence-corrected chi connectivity index (χ2v) is 17.2. The summed E-state index contributed by atoms with van der Waals surface area (Å²) >= 11 is 0. The molecule has 0 bridgehead atoms. The fourth-order valence-electron chi connectivity index (χ4n) is 8.92. The Bertz CT molecular complexity index is 2840. The van der Waals surface area contributed by atoms with Crippen LogP contribution in [0.15, 0.2) is 47.3 Å². The molecule has 6 amide bonds. The zero-order valence-electron chi connectivity index (χ0n) is 37.8. The molecular weight excluding hydrogens is 902 g/mol. The number of carbonyl (C=O) groups is 8. The van der Waals surface area contributed by atoms with E-state index in [1.165, 1.54) is 10.6 Å². The van der Waals surface area contributed by atoms with E-state index < -0.39 is 103 Å². The number of hydrogen-bond acceptors (Lipinski definition) is 13. The summed E-state index contributed by atoms with van der Waals surface area (Å²) in [7, 11) is 0. The zero-order valence-corrected chi connectivity index (χ0v) is 37.8. The van der Waals surface area contributed by atoms with Crippen molar-refractivity contribution in [3.63, 3.8) is 0 Å². The topological polar surface area (TPSA) is 319 Å². The first kappa shape index (κ1) is 49.3. The van der Waals surface area contributed by atoms with E-state index in [4.69, 9.17) is 20.6 Å². The minimum atomic E-state index is -2.04. The van der Waals surface area contributed by atoms with Crippen LogP contribution in [0, 0.1) is 12.7 Å². The first-order chi connectivity index (χ1) is 32.9. The minimum Gasteiger partial charge on any atom is -0.481 e. The Balaban J connectivity index is 0.941. The number of carboxylic acids is 1. The van der Waals surface area contributed by atoms with Crippen molar-refractivity contribution in [2.75, 3.05) is 26.2 Å². The number of amides is 6. The Labute approximate surface area is 393 Å². The van der Waals surface area contributed by atoms with Crippen LogP contribution in [0.1, 0.15) is 84.0 Å². The average molecular weight is 954 g/mol. The van der Waals surface area contributed by atoms with Crippen molar-refractivity contribution in [1.29, 1.82) is 0 Å². The van der Waals surface area contributed by atoms with Gasteiger partial charge in [-0.05, 0) is 60.9 Å². The summed E-state index contributed by atoms with van der Waals surface area (Å²) in [5.41, 5.74) is 7.55. The number of nitrogens with two attached hydrogens (primary N) is 1. The number of nitrogens with one attached hydrogen (secondary N) is 6. The highest BCUT2D eigenvalue weighted by Crippen LogP contribution is 2.46. The molecule has 364 valence electrons. The number of nitrogens with zero attached hydrogens (tertiary/aromatic N) is 2.